The highest BCUT2D eigenvalue weighted by Gasteiger charge is 2.13. The number of methoxy groups -OCH3 is 1. The molecule has 1 aliphatic rings. The number of carbonyl (C=O) groups is 1. The zero-order chi connectivity index (χ0) is 17.5. The summed E-state index contributed by atoms with van der Waals surface area (Å²) in [6.07, 6.45) is 1.50. The number of hydrogen-bond donors (Lipinski definition) is 1. The van der Waals surface area contributed by atoms with Gasteiger partial charge in [0, 0.05) is 12.1 Å². The molecule has 0 unspecified atom stereocenters. The van der Waals surface area contributed by atoms with Crippen molar-refractivity contribution in [3.05, 3.63) is 53.6 Å². The fourth-order valence-electron chi connectivity index (χ4n) is 2.27. The van der Waals surface area contributed by atoms with Crippen molar-refractivity contribution in [2.75, 3.05) is 20.5 Å². The molecule has 130 valence electrons. The molecule has 3 rings (SSSR count). The summed E-state index contributed by atoms with van der Waals surface area (Å²) in [5.74, 6) is 1.81. The van der Waals surface area contributed by atoms with E-state index < -0.39 is 0 Å². The van der Waals surface area contributed by atoms with Crippen molar-refractivity contribution in [2.24, 2.45) is 5.16 Å². The number of ether oxygens (including phenoxy) is 3. The van der Waals surface area contributed by atoms with E-state index in [1.807, 2.05) is 42.5 Å². The lowest BCUT2D eigenvalue weighted by molar-refractivity contribution is -0.125. The van der Waals surface area contributed by atoms with E-state index in [0.717, 1.165) is 11.1 Å². The van der Waals surface area contributed by atoms with E-state index in [1.54, 1.807) is 7.11 Å². The summed E-state index contributed by atoms with van der Waals surface area (Å²) in [5, 5.41) is 6.54. The molecular weight excluding hydrogens is 324 g/mol. The molecule has 7 heteroatoms. The standard InChI is InChI=1S/C18H18N2O5/c1-22-15-5-3-2-4-14(15)10-20-25-11-18(21)19-9-13-6-7-16-17(8-13)24-12-23-16/h2-8,10H,9,11-12H2,1H3,(H,19,21)/b20-10-. The van der Waals surface area contributed by atoms with Crippen LogP contribution >= 0.6 is 0 Å². The number of fused-ring (bicyclic) bond motifs is 1. The van der Waals surface area contributed by atoms with E-state index in [-0.39, 0.29) is 19.3 Å². The van der Waals surface area contributed by atoms with Crippen molar-refractivity contribution in [1.29, 1.82) is 0 Å². The quantitative estimate of drug-likeness (QED) is 0.616. The topological polar surface area (TPSA) is 78.4 Å². The van der Waals surface area contributed by atoms with Gasteiger partial charge < -0.3 is 24.4 Å². The largest absolute Gasteiger partial charge is 0.496 e. The summed E-state index contributed by atoms with van der Waals surface area (Å²) in [6.45, 7) is 0.425. The maximum atomic E-state index is 11.8. The third-order valence-electron chi connectivity index (χ3n) is 3.53. The Morgan fingerprint density at radius 1 is 1.24 bits per heavy atom. The number of nitrogens with zero attached hydrogens (tertiary/aromatic N) is 1. The average Bonchev–Trinajstić information content (AvgIpc) is 3.11. The molecule has 0 saturated heterocycles. The Balaban J connectivity index is 1.43. The van der Waals surface area contributed by atoms with Crippen molar-refractivity contribution < 1.29 is 23.8 Å². The molecule has 0 fully saturated rings. The summed E-state index contributed by atoms with van der Waals surface area (Å²) < 4.78 is 15.7. The van der Waals surface area contributed by atoms with E-state index in [4.69, 9.17) is 19.0 Å². The van der Waals surface area contributed by atoms with E-state index in [1.165, 1.54) is 6.21 Å². The molecule has 0 atom stereocenters. The van der Waals surface area contributed by atoms with Crippen LogP contribution in [0.3, 0.4) is 0 Å². The minimum atomic E-state index is -0.269. The number of para-hydroxylation sites is 1. The Morgan fingerprint density at radius 3 is 2.96 bits per heavy atom. The first-order valence-electron chi connectivity index (χ1n) is 7.70. The van der Waals surface area contributed by atoms with E-state index in [9.17, 15) is 4.79 Å². The minimum Gasteiger partial charge on any atom is -0.496 e. The van der Waals surface area contributed by atoms with E-state index in [0.29, 0.717) is 23.8 Å². The van der Waals surface area contributed by atoms with Crippen LogP contribution in [0.1, 0.15) is 11.1 Å². The van der Waals surface area contributed by atoms with Crippen molar-refractivity contribution in [2.45, 2.75) is 6.54 Å². The van der Waals surface area contributed by atoms with Crippen LogP contribution in [0.25, 0.3) is 0 Å². The van der Waals surface area contributed by atoms with Gasteiger partial charge in [0.05, 0.1) is 13.3 Å². The minimum absolute atomic E-state index is 0.170. The number of nitrogens with one attached hydrogen (secondary N) is 1. The molecule has 0 saturated carbocycles. The van der Waals surface area contributed by atoms with Gasteiger partial charge in [-0.3, -0.25) is 4.79 Å². The second kappa shape index (κ2) is 8.05. The Labute approximate surface area is 145 Å². The number of oxime groups is 1. The number of rotatable bonds is 7. The van der Waals surface area contributed by atoms with Crippen LogP contribution in [-0.2, 0) is 16.2 Å². The predicted octanol–water partition coefficient (Wildman–Crippen LogP) is 2.09. The number of amides is 1. The Hall–Kier alpha value is -3.22. The predicted molar refractivity (Wildman–Crippen MR) is 91.0 cm³/mol. The lowest BCUT2D eigenvalue weighted by Gasteiger charge is -2.06. The van der Waals surface area contributed by atoms with E-state index >= 15 is 0 Å². The monoisotopic (exact) mass is 342 g/mol. The summed E-state index contributed by atoms with van der Waals surface area (Å²) >= 11 is 0. The van der Waals surface area contributed by atoms with Gasteiger partial charge >= 0.3 is 0 Å². The first-order valence-corrected chi connectivity index (χ1v) is 7.70. The summed E-state index contributed by atoms with van der Waals surface area (Å²) in [6, 6.07) is 12.9. The SMILES string of the molecule is COc1ccccc1/C=N\OCC(=O)NCc1ccc2c(c1)OCO2. The Bertz CT molecular complexity index is 776. The van der Waals surface area contributed by atoms with Gasteiger partial charge in [-0.25, -0.2) is 0 Å². The molecule has 0 spiro atoms. The van der Waals surface area contributed by atoms with Gasteiger partial charge in [0.1, 0.15) is 5.75 Å². The van der Waals surface area contributed by atoms with Crippen LogP contribution in [0, 0.1) is 0 Å². The third kappa shape index (κ3) is 4.41. The van der Waals surface area contributed by atoms with Crippen LogP contribution < -0.4 is 19.5 Å². The first kappa shape index (κ1) is 16.6. The third-order valence-corrected chi connectivity index (χ3v) is 3.53. The lowest BCUT2D eigenvalue weighted by Crippen LogP contribution is -2.26. The first-order chi connectivity index (χ1) is 12.3. The van der Waals surface area contributed by atoms with Gasteiger partial charge in [0.15, 0.2) is 18.1 Å². The number of benzene rings is 2. The zero-order valence-electron chi connectivity index (χ0n) is 13.7. The highest BCUT2D eigenvalue weighted by Crippen LogP contribution is 2.32. The molecule has 25 heavy (non-hydrogen) atoms. The molecule has 1 amide bonds. The summed E-state index contributed by atoms with van der Waals surface area (Å²) in [5.41, 5.74) is 1.68. The van der Waals surface area contributed by atoms with Crippen molar-refractivity contribution in [3.8, 4) is 17.2 Å². The van der Waals surface area contributed by atoms with Crippen LogP contribution in [-0.4, -0.2) is 32.6 Å². The van der Waals surface area contributed by atoms with Gasteiger partial charge in [0.2, 0.25) is 6.79 Å². The highest BCUT2D eigenvalue weighted by atomic mass is 16.7. The van der Waals surface area contributed by atoms with E-state index in [2.05, 4.69) is 10.5 Å². The number of carbonyl (C=O) groups excluding carboxylic acids is 1. The molecule has 1 N–H and O–H groups in total. The highest BCUT2D eigenvalue weighted by molar-refractivity contribution is 5.83. The molecule has 2 aromatic carbocycles. The second-order valence-corrected chi connectivity index (χ2v) is 5.21. The van der Waals surface area contributed by atoms with Crippen molar-refractivity contribution in [1.82, 2.24) is 5.32 Å². The summed E-state index contributed by atoms with van der Waals surface area (Å²) in [4.78, 5) is 16.8. The van der Waals surface area contributed by atoms with Crippen molar-refractivity contribution >= 4 is 12.1 Å². The van der Waals surface area contributed by atoms with Crippen LogP contribution in [0.2, 0.25) is 0 Å². The molecule has 7 nitrogen and oxygen atoms in total. The molecule has 0 aliphatic carbocycles. The van der Waals surface area contributed by atoms with Crippen LogP contribution in [0.4, 0.5) is 0 Å². The molecule has 2 aromatic rings. The van der Waals surface area contributed by atoms with Gasteiger partial charge in [-0.1, -0.05) is 23.4 Å². The number of hydrogen-bond acceptors (Lipinski definition) is 6. The molecule has 1 aliphatic heterocycles. The second-order valence-electron chi connectivity index (χ2n) is 5.21. The Morgan fingerprint density at radius 2 is 2.08 bits per heavy atom. The van der Waals surface area contributed by atoms with Gasteiger partial charge in [-0.15, -0.1) is 0 Å². The molecule has 0 bridgehead atoms. The molecule has 0 aromatic heterocycles. The zero-order valence-corrected chi connectivity index (χ0v) is 13.7. The fraction of sp³-hybridized carbons (Fsp3) is 0.222. The smallest absolute Gasteiger partial charge is 0.261 e. The normalized spacial score (nSPS) is 12.2. The molecule has 1 heterocycles. The van der Waals surface area contributed by atoms with Gasteiger partial charge in [-0.2, -0.15) is 0 Å². The fourth-order valence-corrected chi connectivity index (χ4v) is 2.27. The maximum absolute atomic E-state index is 11.8. The van der Waals surface area contributed by atoms with Crippen LogP contribution in [0.5, 0.6) is 17.2 Å². The maximum Gasteiger partial charge on any atom is 0.261 e. The average molecular weight is 342 g/mol. The molecule has 0 radical (unpaired) electrons. The van der Waals surface area contributed by atoms with Gasteiger partial charge in [-0.05, 0) is 29.8 Å². The van der Waals surface area contributed by atoms with Gasteiger partial charge in [0.25, 0.3) is 5.91 Å². The lowest BCUT2D eigenvalue weighted by atomic mass is 10.2. The van der Waals surface area contributed by atoms with Crippen molar-refractivity contribution in [3.63, 3.8) is 0 Å². The summed E-state index contributed by atoms with van der Waals surface area (Å²) in [7, 11) is 1.58. The Kier molecular flexibility index (Phi) is 5.36. The molecular formula is C18H18N2O5. The van der Waals surface area contributed by atoms with Crippen LogP contribution in [0.15, 0.2) is 47.6 Å².